The first-order valence-corrected chi connectivity index (χ1v) is 13.2. The summed E-state index contributed by atoms with van der Waals surface area (Å²) in [7, 11) is 1.44. The number of benzene rings is 2. The second-order valence-corrected chi connectivity index (χ2v) is 10.8. The third-order valence-electron chi connectivity index (χ3n) is 8.63. The van der Waals surface area contributed by atoms with Crippen LogP contribution in [-0.4, -0.2) is 41.4 Å². The summed E-state index contributed by atoms with van der Waals surface area (Å²) in [6.45, 7) is 3.06. The highest BCUT2D eigenvalue weighted by Crippen LogP contribution is 2.55. The van der Waals surface area contributed by atoms with Crippen LogP contribution in [0.3, 0.4) is 0 Å². The first-order chi connectivity index (χ1) is 19.1. The Morgan fingerprint density at radius 3 is 2.38 bits per heavy atom. The number of imide groups is 1. The van der Waals surface area contributed by atoms with Crippen molar-refractivity contribution in [1.82, 2.24) is 0 Å². The number of amides is 2. The van der Waals surface area contributed by atoms with E-state index in [1.54, 1.807) is 43.3 Å². The van der Waals surface area contributed by atoms with Gasteiger partial charge in [-0.25, -0.2) is 0 Å². The van der Waals surface area contributed by atoms with Gasteiger partial charge in [0.05, 0.1) is 24.6 Å². The second-order valence-electron chi connectivity index (χ2n) is 10.8. The van der Waals surface area contributed by atoms with Gasteiger partial charge in [0.15, 0.2) is 28.8 Å². The lowest BCUT2D eigenvalue weighted by Gasteiger charge is -2.42. The fraction of sp³-hybridized carbons (Fsp3) is 0.281. The summed E-state index contributed by atoms with van der Waals surface area (Å²) in [5, 5.41) is 10.6. The van der Waals surface area contributed by atoms with Crippen LogP contribution in [0.1, 0.15) is 48.5 Å². The van der Waals surface area contributed by atoms with Gasteiger partial charge >= 0.3 is 0 Å². The first-order valence-electron chi connectivity index (χ1n) is 13.2. The van der Waals surface area contributed by atoms with Gasteiger partial charge in [-0.15, -0.1) is 0 Å². The highest BCUT2D eigenvalue weighted by Gasteiger charge is 2.56. The molecule has 2 aromatic carbocycles. The Morgan fingerprint density at radius 1 is 1.00 bits per heavy atom. The van der Waals surface area contributed by atoms with Crippen LogP contribution in [0.4, 0.5) is 5.69 Å². The Morgan fingerprint density at radius 2 is 1.73 bits per heavy atom. The largest absolute Gasteiger partial charge is 0.504 e. The number of methoxy groups -OCH3 is 1. The summed E-state index contributed by atoms with van der Waals surface area (Å²) in [5.41, 5.74) is 3.33. The Kier molecular flexibility index (Phi) is 5.94. The Balaban J connectivity index is 1.45. The number of phenols is 1. The van der Waals surface area contributed by atoms with Gasteiger partial charge in [-0.1, -0.05) is 17.7 Å². The summed E-state index contributed by atoms with van der Waals surface area (Å²) in [5.74, 6) is -3.59. The van der Waals surface area contributed by atoms with Crippen LogP contribution < -0.4 is 9.64 Å². The molecule has 8 nitrogen and oxygen atoms in total. The van der Waals surface area contributed by atoms with Gasteiger partial charge in [0.2, 0.25) is 11.8 Å². The molecule has 1 fully saturated rings. The van der Waals surface area contributed by atoms with Crippen LogP contribution in [0.5, 0.6) is 11.5 Å². The predicted octanol–water partition coefficient (Wildman–Crippen LogP) is 4.24. The molecule has 1 saturated heterocycles. The van der Waals surface area contributed by atoms with E-state index in [0.717, 1.165) is 5.57 Å². The number of carbonyl (C=O) groups excluding carboxylic acids is 5. The van der Waals surface area contributed by atoms with Gasteiger partial charge < -0.3 is 9.84 Å². The average molecular weight is 538 g/mol. The van der Waals surface area contributed by atoms with Crippen molar-refractivity contribution in [3.8, 4) is 11.5 Å². The van der Waals surface area contributed by atoms with E-state index in [2.05, 4.69) is 0 Å². The molecule has 3 aliphatic carbocycles. The number of fused-ring (bicyclic) bond motifs is 3. The summed E-state index contributed by atoms with van der Waals surface area (Å²) in [4.78, 5) is 67.1. The molecule has 0 radical (unpaired) electrons. The van der Waals surface area contributed by atoms with Crippen molar-refractivity contribution in [2.45, 2.75) is 32.6 Å². The monoisotopic (exact) mass is 537 g/mol. The molecule has 0 saturated carbocycles. The molecule has 4 unspecified atom stereocenters. The minimum Gasteiger partial charge on any atom is -0.504 e. The number of ketones is 3. The van der Waals surface area contributed by atoms with Crippen LogP contribution in [0.2, 0.25) is 0 Å². The van der Waals surface area contributed by atoms with Gasteiger partial charge in [0, 0.05) is 28.2 Å². The van der Waals surface area contributed by atoms with Crippen molar-refractivity contribution >= 4 is 34.9 Å². The maximum absolute atomic E-state index is 13.9. The van der Waals surface area contributed by atoms with E-state index >= 15 is 0 Å². The summed E-state index contributed by atoms with van der Waals surface area (Å²) in [6, 6.07) is 11.3. The SMILES string of the molecule is COc1ccc(C2C3=CCC4C(=O)N(c5ccc(C(C)=O)cc5)C(=O)C4C3CC3=C2C(=O)C(C)=CC3=O)cc1O. The molecule has 0 aromatic heterocycles. The molecule has 40 heavy (non-hydrogen) atoms. The molecular weight excluding hydrogens is 510 g/mol. The quantitative estimate of drug-likeness (QED) is 0.268. The third kappa shape index (κ3) is 3.70. The van der Waals surface area contributed by atoms with Crippen LogP contribution in [-0.2, 0) is 19.2 Å². The number of phenolic OH excluding ortho intramolecular Hbond substituents is 1. The number of allylic oxidation sites excluding steroid dienone is 6. The number of hydrogen-bond acceptors (Lipinski definition) is 7. The normalized spacial score (nSPS) is 25.7. The second kappa shape index (κ2) is 9.26. The molecule has 202 valence electrons. The molecule has 1 aliphatic heterocycles. The number of hydrogen-bond donors (Lipinski definition) is 1. The lowest BCUT2D eigenvalue weighted by molar-refractivity contribution is -0.123. The fourth-order valence-electron chi connectivity index (χ4n) is 6.73. The van der Waals surface area contributed by atoms with E-state index in [0.29, 0.717) is 40.0 Å². The van der Waals surface area contributed by atoms with Crippen LogP contribution >= 0.6 is 0 Å². The minimum atomic E-state index is -0.710. The van der Waals surface area contributed by atoms with Gasteiger partial charge in [-0.3, -0.25) is 28.9 Å². The van der Waals surface area contributed by atoms with Crippen molar-refractivity contribution in [2.24, 2.45) is 17.8 Å². The smallest absolute Gasteiger partial charge is 0.238 e. The van der Waals surface area contributed by atoms with Crippen LogP contribution in [0, 0.1) is 17.8 Å². The number of rotatable bonds is 4. The molecule has 0 bridgehead atoms. The molecule has 2 aromatic rings. The highest BCUT2D eigenvalue weighted by atomic mass is 16.5. The molecule has 6 rings (SSSR count). The minimum absolute atomic E-state index is 0.104. The van der Waals surface area contributed by atoms with Crippen LogP contribution in [0.15, 0.2) is 76.9 Å². The first kappa shape index (κ1) is 25.7. The van der Waals surface area contributed by atoms with Gasteiger partial charge in [0.1, 0.15) is 0 Å². The van der Waals surface area contributed by atoms with Crippen molar-refractivity contribution in [3.63, 3.8) is 0 Å². The van der Waals surface area contributed by atoms with E-state index < -0.39 is 23.7 Å². The molecule has 1 heterocycles. The lowest BCUT2D eigenvalue weighted by Crippen LogP contribution is -2.39. The zero-order valence-electron chi connectivity index (χ0n) is 22.3. The maximum Gasteiger partial charge on any atom is 0.238 e. The number of ether oxygens (including phenoxy) is 1. The summed E-state index contributed by atoms with van der Waals surface area (Å²) in [6.07, 6.45) is 3.75. The molecule has 8 heteroatoms. The Labute approximate surface area is 230 Å². The van der Waals surface area contributed by atoms with Crippen molar-refractivity contribution in [3.05, 3.63) is 88.0 Å². The number of nitrogens with zero attached hydrogens (tertiary/aromatic N) is 1. The molecule has 1 N–H and O–H groups in total. The lowest BCUT2D eigenvalue weighted by atomic mass is 9.59. The summed E-state index contributed by atoms with van der Waals surface area (Å²) >= 11 is 0. The molecule has 2 amide bonds. The average Bonchev–Trinajstić information content (AvgIpc) is 3.20. The van der Waals surface area contributed by atoms with E-state index in [9.17, 15) is 29.1 Å². The van der Waals surface area contributed by atoms with Crippen LogP contribution in [0.25, 0.3) is 0 Å². The van der Waals surface area contributed by atoms with Gasteiger partial charge in [-0.2, -0.15) is 0 Å². The number of Topliss-reactive ketones (excluding diaryl/α,β-unsaturated/α-hetero) is 2. The van der Waals surface area contributed by atoms with E-state index in [1.807, 2.05) is 6.08 Å². The highest BCUT2D eigenvalue weighted by molar-refractivity contribution is 6.25. The van der Waals surface area contributed by atoms with Gasteiger partial charge in [0.25, 0.3) is 0 Å². The Hall–Kier alpha value is -4.59. The van der Waals surface area contributed by atoms with E-state index in [-0.39, 0.29) is 47.1 Å². The van der Waals surface area contributed by atoms with E-state index in [4.69, 9.17) is 4.74 Å². The van der Waals surface area contributed by atoms with Gasteiger partial charge in [-0.05, 0) is 80.6 Å². The zero-order chi connectivity index (χ0) is 28.5. The standard InChI is InChI=1S/C32H27NO7/c1-15-12-24(35)23-14-22-20(27(29(23)30(15)37)18-6-11-26(40-3)25(36)13-18)9-10-21-28(22)32(39)33(31(21)38)19-7-4-17(5-8-19)16(2)34/h4-9,11-13,21-22,27-28,36H,10,14H2,1-3H3. The number of aromatic hydroxyl groups is 1. The molecular formula is C32H27NO7. The van der Waals surface area contributed by atoms with Crippen molar-refractivity contribution in [2.75, 3.05) is 12.0 Å². The van der Waals surface area contributed by atoms with Crippen molar-refractivity contribution in [1.29, 1.82) is 0 Å². The van der Waals surface area contributed by atoms with E-state index in [1.165, 1.54) is 31.1 Å². The topological polar surface area (TPSA) is 118 Å². The zero-order valence-corrected chi connectivity index (χ0v) is 22.3. The molecule has 4 atom stereocenters. The van der Waals surface area contributed by atoms with Crippen molar-refractivity contribution < 1.29 is 33.8 Å². The summed E-state index contributed by atoms with van der Waals surface area (Å²) < 4.78 is 5.20. The predicted molar refractivity (Wildman–Crippen MR) is 145 cm³/mol. The Bertz CT molecular complexity index is 1620. The fourth-order valence-corrected chi connectivity index (χ4v) is 6.73. The molecule has 0 spiro atoms. The number of carbonyl (C=O) groups is 5. The molecule has 4 aliphatic rings. The maximum atomic E-state index is 13.9. The number of anilines is 1. The third-order valence-corrected chi connectivity index (χ3v) is 8.63.